The number of nitrogens with zero attached hydrogens (tertiary/aromatic N) is 2. The Hall–Kier alpha value is -1.14. The first kappa shape index (κ1) is 16.9. The number of hydrogen-bond donors (Lipinski definition) is 2. The Morgan fingerprint density at radius 2 is 1.90 bits per heavy atom. The second-order valence-electron chi connectivity index (χ2n) is 6.16. The molecular weight excluding hydrogens is 262 g/mol. The van der Waals surface area contributed by atoms with E-state index in [-0.39, 0.29) is 17.9 Å². The zero-order chi connectivity index (χ0) is 15.3. The van der Waals surface area contributed by atoms with E-state index in [1.54, 1.807) is 7.05 Å². The van der Waals surface area contributed by atoms with Gasteiger partial charge < -0.3 is 15.5 Å². The average Bonchev–Trinajstić information content (AvgIpc) is 2.40. The van der Waals surface area contributed by atoms with Crippen molar-refractivity contribution in [1.29, 1.82) is 0 Å². The van der Waals surface area contributed by atoms with Gasteiger partial charge in [-0.2, -0.15) is 0 Å². The summed E-state index contributed by atoms with van der Waals surface area (Å²) in [5.74, 6) is -0.0498. The van der Waals surface area contributed by atoms with Crippen LogP contribution >= 0.6 is 0 Å². The lowest BCUT2D eigenvalue weighted by atomic mass is 9.84. The highest BCUT2D eigenvalue weighted by Gasteiger charge is 2.41. The van der Waals surface area contributed by atoms with Gasteiger partial charge in [-0.05, 0) is 27.9 Å². The number of likely N-dealkylation sites (N-methyl/N-ethyl adjacent to an activating group) is 2. The minimum absolute atomic E-state index is 0.00792. The van der Waals surface area contributed by atoms with Crippen LogP contribution in [0.4, 0.5) is 0 Å². The van der Waals surface area contributed by atoms with Crippen molar-refractivity contribution in [3.05, 3.63) is 0 Å². The molecule has 1 aliphatic heterocycles. The molecule has 116 valence electrons. The third kappa shape index (κ3) is 4.18. The van der Waals surface area contributed by atoms with Gasteiger partial charge >= 0.3 is 0 Å². The van der Waals surface area contributed by atoms with Crippen molar-refractivity contribution in [2.45, 2.75) is 26.3 Å². The first-order valence-corrected chi connectivity index (χ1v) is 7.16. The van der Waals surface area contributed by atoms with Crippen molar-refractivity contribution in [3.8, 4) is 0 Å². The molecule has 0 aromatic carbocycles. The van der Waals surface area contributed by atoms with Crippen LogP contribution in [-0.2, 0) is 9.59 Å². The molecule has 20 heavy (non-hydrogen) atoms. The van der Waals surface area contributed by atoms with Gasteiger partial charge in [-0.15, -0.1) is 0 Å². The van der Waals surface area contributed by atoms with Crippen molar-refractivity contribution in [2.24, 2.45) is 5.41 Å². The van der Waals surface area contributed by atoms with Crippen LogP contribution < -0.4 is 10.6 Å². The minimum atomic E-state index is -0.480. The molecule has 1 rings (SSSR count). The normalized spacial score (nSPS) is 21.6. The van der Waals surface area contributed by atoms with Crippen LogP contribution in [0.25, 0.3) is 0 Å². The van der Waals surface area contributed by atoms with Gasteiger partial charge in [0.2, 0.25) is 11.8 Å². The molecule has 1 heterocycles. The summed E-state index contributed by atoms with van der Waals surface area (Å²) in [5, 5.41) is 5.42. The standard InChI is InChI=1S/C14H28N4O2/c1-14(2,11-10-17(4)8-9-18(11)5)13(20)16-7-6-12(19)15-3/h11H,6-10H2,1-5H3,(H,15,19)(H,16,20)/i3+1,12+1,15+1,16+1,17+1,18+1. The van der Waals surface area contributed by atoms with Crippen LogP contribution in [0.3, 0.4) is 0 Å². The Morgan fingerprint density at radius 1 is 1.25 bits per heavy atom. The zero-order valence-electron chi connectivity index (χ0n) is 13.3. The Kier molecular flexibility index (Phi) is 5.95. The summed E-state index contributed by atoms with van der Waals surface area (Å²) >= 11 is 0. The molecule has 6 heteroatoms. The van der Waals surface area contributed by atoms with Crippen molar-refractivity contribution in [1.82, 2.24) is 20.4 Å². The van der Waals surface area contributed by atoms with Crippen LogP contribution in [0.2, 0.25) is 0 Å². The topological polar surface area (TPSA) is 64.7 Å². The van der Waals surface area contributed by atoms with E-state index in [1.807, 2.05) is 13.8 Å². The van der Waals surface area contributed by atoms with Crippen molar-refractivity contribution in [3.63, 3.8) is 0 Å². The van der Waals surface area contributed by atoms with Gasteiger partial charge in [-0.1, -0.05) is 0 Å². The molecular formula is C14H28N4O2. The Morgan fingerprint density at radius 3 is 2.50 bits per heavy atom. The fourth-order valence-corrected chi connectivity index (χ4v) is 2.58. The van der Waals surface area contributed by atoms with Gasteiger partial charge in [0.15, 0.2) is 0 Å². The van der Waals surface area contributed by atoms with Crippen LogP contribution in [0.1, 0.15) is 20.3 Å². The summed E-state index contributed by atoms with van der Waals surface area (Å²) in [7, 11) is 5.75. The van der Waals surface area contributed by atoms with Crippen molar-refractivity contribution < 1.29 is 9.59 Å². The van der Waals surface area contributed by atoms with E-state index in [0.29, 0.717) is 13.0 Å². The lowest BCUT2D eigenvalue weighted by Gasteiger charge is -2.45. The molecule has 0 aromatic rings. The highest BCUT2D eigenvalue weighted by molar-refractivity contribution is 5.83. The molecule has 1 unspecified atom stereocenters. The van der Waals surface area contributed by atoms with Crippen LogP contribution in [0.5, 0.6) is 0 Å². The molecule has 0 bridgehead atoms. The molecule has 1 fully saturated rings. The summed E-state index contributed by atoms with van der Waals surface area (Å²) in [4.78, 5) is 28.1. The number of carbonyl (C=O) groups excluding carboxylic acids is 2. The molecule has 2 N–H and O–H groups in total. The van der Waals surface area contributed by atoms with Crippen LogP contribution in [-0.4, -0.2) is 75.0 Å². The smallest absolute Gasteiger partial charge is 0.227 e. The highest BCUT2D eigenvalue weighted by atomic mass is 16.3. The summed E-state index contributed by atoms with van der Waals surface area (Å²) < 4.78 is 0. The van der Waals surface area contributed by atoms with Gasteiger partial charge in [0.1, 0.15) is 0 Å². The van der Waals surface area contributed by atoms with Crippen molar-refractivity contribution in [2.75, 3.05) is 47.3 Å². The van der Waals surface area contributed by atoms with Crippen molar-refractivity contribution >= 4 is 11.8 Å². The number of amides is 2. The first-order chi connectivity index (χ1) is 9.28. The van der Waals surface area contributed by atoms with E-state index in [4.69, 9.17) is 0 Å². The maximum Gasteiger partial charge on any atom is 0.227 e. The number of carbonyl (C=O) groups is 2. The van der Waals surface area contributed by atoms with Crippen LogP contribution in [0.15, 0.2) is 0 Å². The second-order valence-corrected chi connectivity index (χ2v) is 6.16. The first-order valence-electron chi connectivity index (χ1n) is 7.16. The highest BCUT2D eigenvalue weighted by Crippen LogP contribution is 2.27. The molecule has 0 saturated carbocycles. The number of rotatable bonds is 5. The van der Waals surface area contributed by atoms with E-state index in [2.05, 4.69) is 34.5 Å². The monoisotopic (exact) mass is 290 g/mol. The molecule has 0 aliphatic carbocycles. The Labute approximate surface area is 121 Å². The summed E-state index contributed by atoms with van der Waals surface area (Å²) in [6.07, 6.45) is 0.318. The lowest BCUT2D eigenvalue weighted by molar-refractivity contribution is -0.134. The van der Waals surface area contributed by atoms with E-state index < -0.39 is 5.41 Å². The predicted molar refractivity (Wildman–Crippen MR) is 79.4 cm³/mol. The van der Waals surface area contributed by atoms with Gasteiger partial charge in [0, 0.05) is 45.7 Å². The maximum atomic E-state index is 12.4. The van der Waals surface area contributed by atoms with E-state index in [1.165, 1.54) is 0 Å². The summed E-state index contributed by atoms with van der Waals surface area (Å²) in [6.45, 7) is 7.21. The molecule has 0 aromatic heterocycles. The lowest BCUT2D eigenvalue weighted by Crippen LogP contribution is -2.60. The third-order valence-corrected chi connectivity index (χ3v) is 4.19. The second kappa shape index (κ2) is 7.04. The third-order valence-electron chi connectivity index (χ3n) is 4.19. The SMILES string of the molecule is C[15N]1CC[15N](C)C(C(C)(C)C(=O)[15NH]CC[13C](=O)[15NH][13CH3])C1. The van der Waals surface area contributed by atoms with Gasteiger partial charge in [0.05, 0.1) is 5.41 Å². The van der Waals surface area contributed by atoms with Gasteiger partial charge in [0.25, 0.3) is 0 Å². The fourth-order valence-electron chi connectivity index (χ4n) is 2.58. The van der Waals surface area contributed by atoms with E-state index in [0.717, 1.165) is 19.6 Å². The molecule has 1 saturated heterocycles. The number of hydrogen-bond acceptors (Lipinski definition) is 4. The molecule has 0 spiro atoms. The van der Waals surface area contributed by atoms with E-state index >= 15 is 0 Å². The number of nitrogens with one attached hydrogen (secondary N) is 2. The minimum Gasteiger partial charge on any atom is -0.359 e. The number of piperazine rings is 1. The van der Waals surface area contributed by atoms with Gasteiger partial charge in [-0.25, -0.2) is 0 Å². The molecule has 0 radical (unpaired) electrons. The molecule has 1 atom stereocenters. The van der Waals surface area contributed by atoms with Crippen LogP contribution in [0, 0.1) is 5.41 Å². The van der Waals surface area contributed by atoms with E-state index in [9.17, 15) is 9.59 Å². The summed E-state index contributed by atoms with van der Waals surface area (Å²) in [6, 6.07) is 0.182. The largest absolute Gasteiger partial charge is 0.359 e. The fraction of sp³-hybridized carbons (Fsp3) is 0.857. The maximum absolute atomic E-state index is 12.4. The Bertz CT molecular complexity index is 357. The molecule has 1 aliphatic rings. The molecule has 6 nitrogen and oxygen atoms in total. The quantitative estimate of drug-likeness (QED) is 0.530. The Balaban J connectivity index is 2.57. The van der Waals surface area contributed by atoms with Gasteiger partial charge in [-0.3, -0.25) is 14.5 Å². The summed E-state index contributed by atoms with van der Waals surface area (Å²) in [5.41, 5.74) is -0.480. The zero-order valence-corrected chi connectivity index (χ0v) is 13.3. The average molecular weight is 290 g/mol. The predicted octanol–water partition coefficient (Wildman–Crippen LogP) is -0.489. The molecule has 2 amide bonds.